The van der Waals surface area contributed by atoms with Crippen LogP contribution in [0.1, 0.15) is 44.4 Å². The van der Waals surface area contributed by atoms with Gasteiger partial charge < -0.3 is 5.11 Å². The number of benzene rings is 1. The van der Waals surface area contributed by atoms with Crippen LogP contribution in [0.25, 0.3) is 5.69 Å². The number of nitrogens with zero attached hydrogens (tertiary/aromatic N) is 2. The zero-order valence-electron chi connectivity index (χ0n) is 11.9. The van der Waals surface area contributed by atoms with E-state index in [-0.39, 0.29) is 0 Å². The third kappa shape index (κ3) is 2.63. The quantitative estimate of drug-likeness (QED) is 0.922. The van der Waals surface area contributed by atoms with Crippen LogP contribution in [-0.4, -0.2) is 14.9 Å². The fraction of sp³-hybridized carbons (Fsp3) is 0.471. The second-order valence-electron chi connectivity index (χ2n) is 5.97. The molecule has 20 heavy (non-hydrogen) atoms. The largest absolute Gasteiger partial charge is 0.387 e. The molecule has 0 saturated heterocycles. The Bertz CT molecular complexity index is 541. The van der Waals surface area contributed by atoms with Gasteiger partial charge in [0.15, 0.2) is 0 Å². The second-order valence-corrected chi connectivity index (χ2v) is 5.97. The fourth-order valence-electron chi connectivity index (χ4n) is 3.17. The Morgan fingerprint density at radius 1 is 1.10 bits per heavy atom. The number of hydrogen-bond acceptors (Lipinski definition) is 2. The van der Waals surface area contributed by atoms with Gasteiger partial charge in [0.05, 0.1) is 17.5 Å². The maximum absolute atomic E-state index is 10.7. The van der Waals surface area contributed by atoms with Gasteiger partial charge in [-0.05, 0) is 42.9 Å². The Labute approximate surface area is 120 Å². The number of rotatable bonds is 3. The molecule has 2 aromatic rings. The first-order valence-corrected chi connectivity index (χ1v) is 7.53. The van der Waals surface area contributed by atoms with Gasteiger partial charge in [-0.2, -0.15) is 5.10 Å². The maximum Gasteiger partial charge on any atom is 0.0989 e. The number of aliphatic hydroxyl groups excluding tert-OH is 1. The van der Waals surface area contributed by atoms with E-state index in [2.05, 4.69) is 12.0 Å². The van der Waals surface area contributed by atoms with Crippen LogP contribution in [0, 0.1) is 11.8 Å². The van der Waals surface area contributed by atoms with E-state index < -0.39 is 6.10 Å². The van der Waals surface area contributed by atoms with Crippen molar-refractivity contribution >= 4 is 0 Å². The molecule has 1 N–H and O–H groups in total. The number of aliphatic hydroxyl groups is 1. The molecule has 1 fully saturated rings. The molecule has 3 nitrogen and oxygen atoms in total. The minimum absolute atomic E-state index is 0.366. The Kier molecular flexibility index (Phi) is 3.88. The SMILES string of the molecule is CC1CCC(C(O)c2ccnn2-c2ccccc2)CC1. The number of para-hydroxylation sites is 1. The van der Waals surface area contributed by atoms with Gasteiger partial charge in [-0.3, -0.25) is 0 Å². The Morgan fingerprint density at radius 3 is 2.50 bits per heavy atom. The van der Waals surface area contributed by atoms with E-state index in [0.717, 1.165) is 30.1 Å². The van der Waals surface area contributed by atoms with Crippen LogP contribution in [0.4, 0.5) is 0 Å². The van der Waals surface area contributed by atoms with Crippen molar-refractivity contribution < 1.29 is 5.11 Å². The van der Waals surface area contributed by atoms with E-state index in [9.17, 15) is 5.11 Å². The highest BCUT2D eigenvalue weighted by molar-refractivity contribution is 5.32. The van der Waals surface area contributed by atoms with Gasteiger partial charge in [0.2, 0.25) is 0 Å². The van der Waals surface area contributed by atoms with E-state index in [1.165, 1.54) is 12.8 Å². The third-order valence-electron chi connectivity index (χ3n) is 4.48. The van der Waals surface area contributed by atoms with Gasteiger partial charge >= 0.3 is 0 Å². The van der Waals surface area contributed by atoms with E-state index >= 15 is 0 Å². The molecular weight excluding hydrogens is 248 g/mol. The monoisotopic (exact) mass is 270 g/mol. The van der Waals surface area contributed by atoms with Crippen molar-refractivity contribution in [2.75, 3.05) is 0 Å². The average Bonchev–Trinajstić information content (AvgIpc) is 2.97. The lowest BCUT2D eigenvalue weighted by molar-refractivity contribution is 0.0701. The van der Waals surface area contributed by atoms with Crippen LogP contribution in [-0.2, 0) is 0 Å². The standard InChI is InChI=1S/C17H22N2O/c1-13-7-9-14(10-8-13)17(20)16-11-12-18-19(16)15-5-3-2-4-6-15/h2-6,11-14,17,20H,7-10H2,1H3. The summed E-state index contributed by atoms with van der Waals surface area (Å²) in [6.45, 7) is 2.30. The highest BCUT2D eigenvalue weighted by atomic mass is 16.3. The highest BCUT2D eigenvalue weighted by Crippen LogP contribution is 2.36. The van der Waals surface area contributed by atoms with E-state index in [1.54, 1.807) is 6.20 Å². The maximum atomic E-state index is 10.7. The Morgan fingerprint density at radius 2 is 1.80 bits per heavy atom. The Balaban J connectivity index is 1.82. The summed E-state index contributed by atoms with van der Waals surface area (Å²) in [7, 11) is 0. The molecule has 1 unspecified atom stereocenters. The van der Waals surface area contributed by atoms with E-state index in [1.807, 2.05) is 41.1 Å². The molecule has 106 valence electrons. The normalized spacial score (nSPS) is 24.5. The molecular formula is C17H22N2O. The first kappa shape index (κ1) is 13.4. The molecule has 1 saturated carbocycles. The minimum atomic E-state index is -0.412. The second kappa shape index (κ2) is 5.80. The van der Waals surface area contributed by atoms with Crippen molar-refractivity contribution in [1.82, 2.24) is 9.78 Å². The summed E-state index contributed by atoms with van der Waals surface area (Å²) < 4.78 is 1.86. The molecule has 0 amide bonds. The molecule has 3 rings (SSSR count). The molecule has 1 atom stereocenters. The lowest BCUT2D eigenvalue weighted by atomic mass is 9.79. The Hall–Kier alpha value is -1.61. The zero-order valence-corrected chi connectivity index (χ0v) is 11.9. The molecule has 1 aliphatic rings. The zero-order chi connectivity index (χ0) is 13.9. The number of hydrogen-bond donors (Lipinski definition) is 1. The van der Waals surface area contributed by atoms with Gasteiger partial charge in [0, 0.05) is 6.20 Å². The van der Waals surface area contributed by atoms with Crippen molar-refractivity contribution in [3.8, 4) is 5.69 Å². The molecule has 1 aromatic carbocycles. The van der Waals surface area contributed by atoms with Crippen molar-refractivity contribution in [2.24, 2.45) is 11.8 Å². The third-order valence-corrected chi connectivity index (χ3v) is 4.48. The van der Waals surface area contributed by atoms with Crippen molar-refractivity contribution in [2.45, 2.75) is 38.7 Å². The lowest BCUT2D eigenvalue weighted by Gasteiger charge is -2.30. The first-order chi connectivity index (χ1) is 9.75. The van der Waals surface area contributed by atoms with Crippen LogP contribution in [0.5, 0.6) is 0 Å². The summed E-state index contributed by atoms with van der Waals surface area (Å²) >= 11 is 0. The van der Waals surface area contributed by atoms with Gasteiger partial charge in [0.25, 0.3) is 0 Å². The predicted octanol–water partition coefficient (Wildman–Crippen LogP) is 3.73. The predicted molar refractivity (Wildman–Crippen MR) is 79.6 cm³/mol. The summed E-state index contributed by atoms with van der Waals surface area (Å²) in [5, 5.41) is 15.1. The van der Waals surface area contributed by atoms with E-state index in [4.69, 9.17) is 0 Å². The molecule has 0 spiro atoms. The molecule has 1 aliphatic carbocycles. The summed E-state index contributed by atoms with van der Waals surface area (Å²) in [5.74, 6) is 1.17. The topological polar surface area (TPSA) is 38.1 Å². The average molecular weight is 270 g/mol. The smallest absolute Gasteiger partial charge is 0.0989 e. The summed E-state index contributed by atoms with van der Waals surface area (Å²) in [4.78, 5) is 0. The minimum Gasteiger partial charge on any atom is -0.387 e. The highest BCUT2D eigenvalue weighted by Gasteiger charge is 2.27. The molecule has 0 aliphatic heterocycles. The van der Waals surface area contributed by atoms with Gasteiger partial charge in [-0.25, -0.2) is 4.68 Å². The number of aromatic nitrogens is 2. The molecule has 1 aromatic heterocycles. The lowest BCUT2D eigenvalue weighted by Crippen LogP contribution is -2.21. The van der Waals surface area contributed by atoms with Crippen molar-refractivity contribution in [3.63, 3.8) is 0 Å². The first-order valence-electron chi connectivity index (χ1n) is 7.53. The van der Waals surface area contributed by atoms with Crippen LogP contribution >= 0.6 is 0 Å². The molecule has 0 bridgehead atoms. The van der Waals surface area contributed by atoms with Gasteiger partial charge in [0.1, 0.15) is 0 Å². The van der Waals surface area contributed by atoms with Crippen molar-refractivity contribution in [3.05, 3.63) is 48.3 Å². The van der Waals surface area contributed by atoms with Crippen LogP contribution in [0.15, 0.2) is 42.6 Å². The van der Waals surface area contributed by atoms with Crippen LogP contribution < -0.4 is 0 Å². The van der Waals surface area contributed by atoms with Gasteiger partial charge in [-0.15, -0.1) is 0 Å². The molecule has 0 radical (unpaired) electrons. The van der Waals surface area contributed by atoms with Crippen molar-refractivity contribution in [1.29, 1.82) is 0 Å². The summed E-state index contributed by atoms with van der Waals surface area (Å²) in [6.07, 6.45) is 6.04. The van der Waals surface area contributed by atoms with Crippen LogP contribution in [0.3, 0.4) is 0 Å². The van der Waals surface area contributed by atoms with Crippen LogP contribution in [0.2, 0.25) is 0 Å². The van der Waals surface area contributed by atoms with Gasteiger partial charge in [-0.1, -0.05) is 38.0 Å². The summed E-state index contributed by atoms with van der Waals surface area (Å²) in [5.41, 5.74) is 1.92. The summed E-state index contributed by atoms with van der Waals surface area (Å²) in [6, 6.07) is 12.0. The molecule has 3 heteroatoms. The van der Waals surface area contributed by atoms with E-state index in [0.29, 0.717) is 5.92 Å². The fourth-order valence-corrected chi connectivity index (χ4v) is 3.17. The molecule has 1 heterocycles.